The van der Waals surface area contributed by atoms with Crippen molar-refractivity contribution in [3.8, 4) is 11.8 Å². The molecule has 35 heavy (non-hydrogen) atoms. The first-order valence-electron chi connectivity index (χ1n) is 12.2. The monoisotopic (exact) mass is 486 g/mol. The number of carbonyl (C=O) groups excluding carboxylic acids is 1. The van der Waals surface area contributed by atoms with Crippen LogP contribution in [0.1, 0.15) is 60.8 Å². The number of benzene rings is 3. The number of methoxy groups -OCH3 is 1. The van der Waals surface area contributed by atoms with Crippen LogP contribution in [0.2, 0.25) is 5.02 Å². The molecule has 3 aromatic rings. The largest absolute Gasteiger partial charge is 0.497 e. The molecule has 0 spiro atoms. The summed E-state index contributed by atoms with van der Waals surface area (Å²) in [6, 6.07) is 25.5. The number of nitriles is 1. The molecule has 1 aliphatic carbocycles. The maximum absolute atomic E-state index is 13.9. The number of nitrogens with zero attached hydrogens (tertiary/aromatic N) is 1. The summed E-state index contributed by atoms with van der Waals surface area (Å²) >= 11 is 6.10. The van der Waals surface area contributed by atoms with E-state index in [1.807, 2.05) is 72.8 Å². The average molecular weight is 487 g/mol. The van der Waals surface area contributed by atoms with Crippen LogP contribution >= 0.6 is 11.6 Å². The molecule has 3 aromatic carbocycles. The molecule has 2 atom stereocenters. The minimum Gasteiger partial charge on any atom is -0.497 e. The normalized spacial score (nSPS) is 16.2. The van der Waals surface area contributed by atoms with Crippen LogP contribution in [0.4, 0.5) is 0 Å². The molecule has 1 aliphatic rings. The second-order valence-corrected chi connectivity index (χ2v) is 9.89. The first-order chi connectivity index (χ1) is 16.9. The molecule has 0 saturated heterocycles. The van der Waals surface area contributed by atoms with E-state index in [-0.39, 0.29) is 17.9 Å². The van der Waals surface area contributed by atoms with Gasteiger partial charge in [0.15, 0.2) is 0 Å². The first kappa shape index (κ1) is 24.8. The summed E-state index contributed by atoms with van der Waals surface area (Å²) in [4.78, 5) is 13.9. The Labute approximate surface area is 212 Å². The fourth-order valence-corrected chi connectivity index (χ4v) is 5.40. The van der Waals surface area contributed by atoms with Gasteiger partial charge in [-0.05, 0) is 79.3 Å². The van der Waals surface area contributed by atoms with Crippen LogP contribution in [0.5, 0.6) is 5.75 Å². The van der Waals surface area contributed by atoms with Crippen LogP contribution in [0, 0.1) is 11.3 Å². The molecule has 1 saturated carbocycles. The number of ether oxygens (including phenoxy) is 1. The molecular formula is C30H31ClN2O2. The third-order valence-corrected chi connectivity index (χ3v) is 7.56. The molecule has 5 heteroatoms. The van der Waals surface area contributed by atoms with E-state index in [2.05, 4.69) is 18.3 Å². The minimum atomic E-state index is -0.528. The van der Waals surface area contributed by atoms with Gasteiger partial charge in [-0.15, -0.1) is 0 Å². The molecule has 0 aliphatic heterocycles. The number of halogens is 1. The van der Waals surface area contributed by atoms with E-state index >= 15 is 0 Å². The second-order valence-electron chi connectivity index (χ2n) is 9.45. The third-order valence-electron chi connectivity index (χ3n) is 7.31. The Morgan fingerprint density at radius 3 is 2.40 bits per heavy atom. The Morgan fingerprint density at radius 1 is 1.09 bits per heavy atom. The van der Waals surface area contributed by atoms with E-state index in [4.69, 9.17) is 16.3 Å². The van der Waals surface area contributed by atoms with Crippen LogP contribution in [0.15, 0.2) is 72.8 Å². The average Bonchev–Trinajstić information content (AvgIpc) is 3.40. The van der Waals surface area contributed by atoms with Gasteiger partial charge < -0.3 is 10.1 Å². The zero-order valence-corrected chi connectivity index (χ0v) is 21.0. The third kappa shape index (κ3) is 5.52. The van der Waals surface area contributed by atoms with Crippen molar-refractivity contribution < 1.29 is 9.53 Å². The summed E-state index contributed by atoms with van der Waals surface area (Å²) in [6.45, 7) is 2.06. The molecule has 4 nitrogen and oxygen atoms in total. The van der Waals surface area contributed by atoms with Gasteiger partial charge in [0.2, 0.25) is 5.91 Å². The lowest BCUT2D eigenvalue weighted by Gasteiger charge is -2.33. The number of nitrogens with one attached hydrogen (secondary N) is 1. The van der Waals surface area contributed by atoms with E-state index in [9.17, 15) is 10.1 Å². The highest BCUT2D eigenvalue weighted by molar-refractivity contribution is 6.30. The summed E-state index contributed by atoms with van der Waals surface area (Å²) in [5.74, 6) is 0.865. The Hall–Kier alpha value is -3.29. The lowest BCUT2D eigenvalue weighted by atomic mass is 9.77. The van der Waals surface area contributed by atoms with Crippen LogP contribution in [-0.2, 0) is 16.6 Å². The van der Waals surface area contributed by atoms with Crippen molar-refractivity contribution in [1.82, 2.24) is 5.32 Å². The van der Waals surface area contributed by atoms with E-state index < -0.39 is 5.41 Å². The number of amides is 1. The van der Waals surface area contributed by atoms with Crippen LogP contribution < -0.4 is 10.1 Å². The fraction of sp³-hybridized carbons (Fsp3) is 0.333. The Morgan fingerprint density at radius 2 is 1.77 bits per heavy atom. The second kappa shape index (κ2) is 11.0. The first-order valence-corrected chi connectivity index (χ1v) is 12.5. The highest BCUT2D eigenvalue weighted by atomic mass is 35.5. The summed E-state index contributed by atoms with van der Waals surface area (Å²) in [5, 5.41) is 13.5. The number of hydrogen-bond donors (Lipinski definition) is 1. The van der Waals surface area contributed by atoms with Gasteiger partial charge in [0, 0.05) is 17.0 Å². The van der Waals surface area contributed by atoms with Crippen LogP contribution in [0.3, 0.4) is 0 Å². The zero-order valence-electron chi connectivity index (χ0n) is 20.3. The SMILES string of the molecule is COc1ccc(C2(C(=O)NC(C)C(Cc3ccc(Cl)cc3)c3cccc(C#N)c3)CCCC2)cc1. The Bertz CT molecular complexity index is 1190. The molecule has 0 radical (unpaired) electrons. The molecule has 1 amide bonds. The molecule has 2 unspecified atom stereocenters. The molecular weight excluding hydrogens is 456 g/mol. The minimum absolute atomic E-state index is 0.00254. The summed E-state index contributed by atoms with van der Waals surface area (Å²) in [5.41, 5.74) is 3.30. The number of hydrogen-bond acceptors (Lipinski definition) is 3. The van der Waals surface area contributed by atoms with Crippen molar-refractivity contribution in [2.24, 2.45) is 0 Å². The van der Waals surface area contributed by atoms with E-state index in [1.165, 1.54) is 0 Å². The van der Waals surface area contributed by atoms with Gasteiger partial charge in [0.1, 0.15) is 5.75 Å². The quantitative estimate of drug-likeness (QED) is 0.392. The van der Waals surface area contributed by atoms with Crippen molar-refractivity contribution in [2.45, 2.75) is 56.4 Å². The predicted molar refractivity (Wildman–Crippen MR) is 140 cm³/mol. The van der Waals surface area contributed by atoms with Gasteiger partial charge in [-0.1, -0.05) is 60.8 Å². The van der Waals surface area contributed by atoms with E-state index in [0.717, 1.165) is 54.5 Å². The predicted octanol–water partition coefficient (Wildman–Crippen LogP) is 6.56. The van der Waals surface area contributed by atoms with Crippen molar-refractivity contribution in [1.29, 1.82) is 5.26 Å². The molecule has 0 bridgehead atoms. The van der Waals surface area contributed by atoms with Gasteiger partial charge in [-0.25, -0.2) is 0 Å². The Kier molecular flexibility index (Phi) is 7.78. The highest BCUT2D eigenvalue weighted by Crippen LogP contribution is 2.42. The van der Waals surface area contributed by atoms with Crippen molar-refractivity contribution in [3.05, 3.63) is 100 Å². The van der Waals surface area contributed by atoms with Gasteiger partial charge in [-0.3, -0.25) is 4.79 Å². The maximum atomic E-state index is 13.9. The standard InChI is InChI=1S/C30H31ClN2O2/c1-21(33-29(34)30(16-3-4-17-30)25-10-14-27(35-2)15-11-25)28(19-22-8-12-26(31)13-9-22)24-7-5-6-23(18-24)20-32/h5-15,18,21,28H,3-4,16-17,19H2,1-2H3,(H,33,34). The van der Waals surface area contributed by atoms with Gasteiger partial charge in [0.25, 0.3) is 0 Å². The smallest absolute Gasteiger partial charge is 0.230 e. The highest BCUT2D eigenvalue weighted by Gasteiger charge is 2.43. The molecule has 0 aromatic heterocycles. The van der Waals surface area contributed by atoms with Crippen molar-refractivity contribution >= 4 is 17.5 Å². The lowest BCUT2D eigenvalue weighted by molar-refractivity contribution is -0.127. The van der Waals surface area contributed by atoms with E-state index in [1.54, 1.807) is 7.11 Å². The maximum Gasteiger partial charge on any atom is 0.230 e. The number of rotatable bonds is 8. The lowest BCUT2D eigenvalue weighted by Crippen LogP contribution is -2.48. The van der Waals surface area contributed by atoms with Crippen molar-refractivity contribution in [3.63, 3.8) is 0 Å². The van der Waals surface area contributed by atoms with Gasteiger partial charge in [0.05, 0.1) is 24.2 Å². The molecule has 180 valence electrons. The molecule has 0 heterocycles. The fourth-order valence-electron chi connectivity index (χ4n) is 5.28. The van der Waals surface area contributed by atoms with Gasteiger partial charge in [-0.2, -0.15) is 5.26 Å². The van der Waals surface area contributed by atoms with E-state index in [0.29, 0.717) is 10.6 Å². The zero-order chi connectivity index (χ0) is 24.8. The Balaban J connectivity index is 1.62. The molecule has 1 N–H and O–H groups in total. The van der Waals surface area contributed by atoms with Crippen LogP contribution in [-0.4, -0.2) is 19.1 Å². The summed E-state index contributed by atoms with van der Waals surface area (Å²) in [7, 11) is 1.65. The summed E-state index contributed by atoms with van der Waals surface area (Å²) in [6.07, 6.45) is 4.47. The van der Waals surface area contributed by atoms with Crippen LogP contribution in [0.25, 0.3) is 0 Å². The topological polar surface area (TPSA) is 62.1 Å². The van der Waals surface area contributed by atoms with Gasteiger partial charge >= 0.3 is 0 Å². The molecule has 4 rings (SSSR count). The summed E-state index contributed by atoms with van der Waals surface area (Å²) < 4.78 is 5.32. The number of carbonyl (C=O) groups is 1. The van der Waals surface area contributed by atoms with Crippen molar-refractivity contribution in [2.75, 3.05) is 7.11 Å². The molecule has 1 fully saturated rings.